The predicted octanol–water partition coefficient (Wildman–Crippen LogP) is 2.06. The molecule has 1 aromatic carbocycles. The topological polar surface area (TPSA) is 75.7 Å². The monoisotopic (exact) mass is 366 g/mol. The van der Waals surface area contributed by atoms with Crippen LogP contribution < -0.4 is 5.32 Å². The summed E-state index contributed by atoms with van der Waals surface area (Å²) in [6.45, 7) is 2.28. The Hall–Kier alpha value is -2.12. The number of benzene rings is 1. The number of hydrogen-bond acceptors (Lipinski definition) is 5. The van der Waals surface area contributed by atoms with Crippen molar-refractivity contribution in [3.05, 3.63) is 34.2 Å². The summed E-state index contributed by atoms with van der Waals surface area (Å²) in [6, 6.07) is 6.11. The van der Waals surface area contributed by atoms with Gasteiger partial charge in [0, 0.05) is 23.2 Å². The van der Waals surface area contributed by atoms with Gasteiger partial charge in [-0.15, -0.1) is 11.3 Å². The third kappa shape index (κ3) is 2.85. The van der Waals surface area contributed by atoms with Gasteiger partial charge < -0.3 is 15.0 Å². The van der Waals surface area contributed by atoms with Crippen molar-refractivity contribution in [1.82, 2.24) is 10.2 Å². The van der Waals surface area contributed by atoms with Crippen LogP contribution in [0.15, 0.2) is 24.3 Å². The van der Waals surface area contributed by atoms with E-state index < -0.39 is 23.8 Å². The van der Waals surface area contributed by atoms with Gasteiger partial charge in [0.1, 0.15) is 4.88 Å². The molecule has 1 fully saturated rings. The minimum Gasteiger partial charge on any atom is -0.464 e. The molecule has 1 atom stereocenters. The molecule has 1 saturated heterocycles. The minimum absolute atomic E-state index is 0.133. The van der Waals surface area contributed by atoms with Gasteiger partial charge in [-0.05, 0) is 13.0 Å². The Kier molecular flexibility index (Phi) is 4.73. The quantitative estimate of drug-likeness (QED) is 0.666. The number of nitrogens with one attached hydrogen (secondary N) is 1. The van der Waals surface area contributed by atoms with Crippen LogP contribution in [0.2, 0.25) is 5.02 Å². The van der Waals surface area contributed by atoms with Gasteiger partial charge in [-0.2, -0.15) is 0 Å². The molecule has 1 aliphatic rings. The summed E-state index contributed by atoms with van der Waals surface area (Å²) in [5.74, 6) is -1.71. The van der Waals surface area contributed by atoms with Crippen molar-refractivity contribution in [3.8, 4) is 0 Å². The van der Waals surface area contributed by atoms with Crippen molar-refractivity contribution in [1.29, 1.82) is 0 Å². The molecular formula is C16H15ClN2O4S. The number of carbonyl (C=O) groups excluding carboxylic acids is 3. The summed E-state index contributed by atoms with van der Waals surface area (Å²) in [7, 11) is 0. The van der Waals surface area contributed by atoms with E-state index in [1.165, 1.54) is 16.2 Å². The fraction of sp³-hybridized carbons (Fsp3) is 0.312. The fourth-order valence-electron chi connectivity index (χ4n) is 2.62. The molecule has 24 heavy (non-hydrogen) atoms. The van der Waals surface area contributed by atoms with Gasteiger partial charge in [0.25, 0.3) is 11.8 Å². The second-order valence-corrected chi connectivity index (χ2v) is 6.62. The van der Waals surface area contributed by atoms with E-state index >= 15 is 0 Å². The lowest BCUT2D eigenvalue weighted by atomic mass is 10.1. The number of nitrogens with zero attached hydrogens (tertiary/aromatic N) is 1. The van der Waals surface area contributed by atoms with Crippen LogP contribution in [0.1, 0.15) is 16.6 Å². The van der Waals surface area contributed by atoms with E-state index in [4.69, 9.17) is 16.3 Å². The third-order valence-electron chi connectivity index (χ3n) is 3.71. The Balaban J connectivity index is 1.97. The SMILES string of the molecule is CCOC(=O)[C@@H]1C(=O)NCCN1C(=O)c1sc2ccccc2c1Cl. The normalized spacial score (nSPS) is 17.7. The van der Waals surface area contributed by atoms with E-state index in [2.05, 4.69) is 5.32 Å². The maximum absolute atomic E-state index is 12.9. The molecule has 0 aliphatic carbocycles. The molecule has 0 bridgehead atoms. The molecule has 8 heteroatoms. The summed E-state index contributed by atoms with van der Waals surface area (Å²) in [4.78, 5) is 38.7. The second-order valence-electron chi connectivity index (χ2n) is 5.19. The van der Waals surface area contributed by atoms with Gasteiger partial charge in [0.05, 0.1) is 11.6 Å². The lowest BCUT2D eigenvalue weighted by Crippen LogP contribution is -2.60. The molecule has 3 rings (SSSR count). The molecule has 0 unspecified atom stereocenters. The summed E-state index contributed by atoms with van der Waals surface area (Å²) in [5.41, 5.74) is 0. The van der Waals surface area contributed by atoms with Crippen molar-refractivity contribution < 1.29 is 19.1 Å². The maximum Gasteiger partial charge on any atom is 0.338 e. The molecule has 126 valence electrons. The average Bonchev–Trinajstić information content (AvgIpc) is 2.91. The van der Waals surface area contributed by atoms with Crippen LogP contribution in [0.25, 0.3) is 10.1 Å². The van der Waals surface area contributed by atoms with E-state index in [0.717, 1.165) is 10.1 Å². The predicted molar refractivity (Wildman–Crippen MR) is 91.3 cm³/mol. The Morgan fingerprint density at radius 2 is 2.17 bits per heavy atom. The molecule has 1 aromatic heterocycles. The lowest BCUT2D eigenvalue weighted by molar-refractivity contribution is -0.154. The van der Waals surface area contributed by atoms with Gasteiger partial charge in [-0.1, -0.05) is 29.8 Å². The summed E-state index contributed by atoms with van der Waals surface area (Å²) in [5, 5.41) is 3.71. The van der Waals surface area contributed by atoms with Gasteiger partial charge in [0.15, 0.2) is 0 Å². The fourth-order valence-corrected chi connectivity index (χ4v) is 4.09. The highest BCUT2D eigenvalue weighted by atomic mass is 35.5. The number of hydrogen-bond donors (Lipinski definition) is 1. The maximum atomic E-state index is 12.9. The number of piperazine rings is 1. The van der Waals surface area contributed by atoms with E-state index in [9.17, 15) is 14.4 Å². The van der Waals surface area contributed by atoms with Gasteiger partial charge >= 0.3 is 5.97 Å². The van der Waals surface area contributed by atoms with Crippen LogP contribution in [0.3, 0.4) is 0 Å². The Labute approximate surface area is 147 Å². The number of rotatable bonds is 3. The molecule has 2 heterocycles. The van der Waals surface area contributed by atoms with E-state index in [1.54, 1.807) is 6.92 Å². The molecule has 0 saturated carbocycles. The van der Waals surface area contributed by atoms with Gasteiger partial charge in [-0.3, -0.25) is 9.59 Å². The standard InChI is InChI=1S/C16H15ClN2O4S/c1-2-23-16(22)12-14(20)18-7-8-19(12)15(21)13-11(17)9-5-3-4-6-10(9)24-13/h3-6,12H,2,7-8H2,1H3,(H,18,20)/t12-/m0/s1. The summed E-state index contributed by atoms with van der Waals surface area (Å²) in [6.07, 6.45) is 0. The highest BCUT2D eigenvalue weighted by Gasteiger charge is 2.41. The Morgan fingerprint density at radius 3 is 2.88 bits per heavy atom. The third-order valence-corrected chi connectivity index (χ3v) is 5.38. The summed E-state index contributed by atoms with van der Waals surface area (Å²) < 4.78 is 5.81. The smallest absolute Gasteiger partial charge is 0.338 e. The zero-order valence-corrected chi connectivity index (χ0v) is 14.4. The van der Waals surface area contributed by atoms with E-state index in [-0.39, 0.29) is 19.7 Å². The van der Waals surface area contributed by atoms with Crippen LogP contribution in [-0.2, 0) is 14.3 Å². The van der Waals surface area contributed by atoms with E-state index in [0.29, 0.717) is 9.90 Å². The number of fused-ring (bicyclic) bond motifs is 1. The molecule has 2 aromatic rings. The van der Waals surface area contributed by atoms with Gasteiger partial charge in [0.2, 0.25) is 6.04 Å². The molecule has 1 aliphatic heterocycles. The first-order valence-electron chi connectivity index (χ1n) is 7.47. The average molecular weight is 367 g/mol. The van der Waals surface area contributed by atoms with Crippen LogP contribution in [-0.4, -0.2) is 48.4 Å². The Morgan fingerprint density at radius 1 is 1.42 bits per heavy atom. The van der Waals surface area contributed by atoms with Crippen molar-refractivity contribution in [2.45, 2.75) is 13.0 Å². The highest BCUT2D eigenvalue weighted by molar-refractivity contribution is 7.21. The number of esters is 1. The van der Waals surface area contributed by atoms with E-state index in [1.807, 2.05) is 24.3 Å². The molecule has 0 radical (unpaired) electrons. The number of carbonyl (C=O) groups is 3. The highest BCUT2D eigenvalue weighted by Crippen LogP contribution is 2.36. The molecule has 6 nitrogen and oxygen atoms in total. The van der Waals surface area contributed by atoms with Gasteiger partial charge in [-0.25, -0.2) is 4.79 Å². The minimum atomic E-state index is -1.28. The largest absolute Gasteiger partial charge is 0.464 e. The number of thiophene rings is 1. The number of ether oxygens (including phenoxy) is 1. The lowest BCUT2D eigenvalue weighted by Gasteiger charge is -2.33. The molecule has 1 N–H and O–H groups in total. The van der Waals surface area contributed by atoms with Crippen LogP contribution >= 0.6 is 22.9 Å². The van der Waals surface area contributed by atoms with Crippen LogP contribution in [0.4, 0.5) is 0 Å². The van der Waals surface area contributed by atoms with Crippen molar-refractivity contribution in [2.75, 3.05) is 19.7 Å². The van der Waals surface area contributed by atoms with Crippen LogP contribution in [0, 0.1) is 0 Å². The first kappa shape index (κ1) is 16.7. The molecule has 2 amide bonds. The van der Waals surface area contributed by atoms with Crippen molar-refractivity contribution in [2.24, 2.45) is 0 Å². The Bertz CT molecular complexity index is 820. The van der Waals surface area contributed by atoms with Crippen molar-refractivity contribution in [3.63, 3.8) is 0 Å². The molecule has 0 spiro atoms. The second kappa shape index (κ2) is 6.78. The zero-order valence-electron chi connectivity index (χ0n) is 12.9. The number of halogens is 1. The van der Waals surface area contributed by atoms with Crippen LogP contribution in [0.5, 0.6) is 0 Å². The summed E-state index contributed by atoms with van der Waals surface area (Å²) >= 11 is 7.59. The first-order chi connectivity index (χ1) is 11.5. The zero-order chi connectivity index (χ0) is 17.3. The van der Waals surface area contributed by atoms with Crippen molar-refractivity contribution >= 4 is 50.8 Å². The first-order valence-corrected chi connectivity index (χ1v) is 8.66. The number of amides is 2. The molecular weight excluding hydrogens is 352 g/mol.